The van der Waals surface area contributed by atoms with E-state index in [2.05, 4.69) is 15.6 Å². The fraction of sp³-hybridized carbons (Fsp3) is 0.235. The molecule has 1 heterocycles. The van der Waals surface area contributed by atoms with E-state index in [1.807, 2.05) is 24.3 Å². The largest absolute Gasteiger partial charge is 0.494 e. The highest BCUT2D eigenvalue weighted by Crippen LogP contribution is 2.21. The number of aromatic nitrogens is 3. The van der Waals surface area contributed by atoms with Gasteiger partial charge in [0.2, 0.25) is 5.91 Å². The van der Waals surface area contributed by atoms with Gasteiger partial charge in [0, 0.05) is 0 Å². The third kappa shape index (κ3) is 3.19. The van der Waals surface area contributed by atoms with Crippen molar-refractivity contribution < 1.29 is 13.9 Å². The van der Waals surface area contributed by atoms with Crippen LogP contribution in [0.2, 0.25) is 0 Å². The molecule has 6 nitrogen and oxygen atoms in total. The number of para-hydroxylation sites is 1. The number of ether oxygens (including phenoxy) is 1. The van der Waals surface area contributed by atoms with Crippen molar-refractivity contribution in [3.8, 4) is 5.75 Å². The van der Waals surface area contributed by atoms with Crippen LogP contribution in [0.3, 0.4) is 0 Å². The summed E-state index contributed by atoms with van der Waals surface area (Å²) >= 11 is 0. The zero-order valence-corrected chi connectivity index (χ0v) is 13.4. The second-order valence-corrected chi connectivity index (χ2v) is 5.42. The summed E-state index contributed by atoms with van der Waals surface area (Å²) in [5.74, 6) is -0.515. The normalized spacial score (nSPS) is 12.1. The summed E-state index contributed by atoms with van der Waals surface area (Å²) in [4.78, 5) is 12.2. The first-order valence-corrected chi connectivity index (χ1v) is 7.49. The van der Waals surface area contributed by atoms with Crippen LogP contribution in [0.5, 0.6) is 5.75 Å². The molecule has 0 aliphatic heterocycles. The van der Waals surface area contributed by atoms with Gasteiger partial charge in [-0.25, -0.2) is 9.07 Å². The van der Waals surface area contributed by atoms with E-state index in [9.17, 15) is 9.18 Å². The number of amides is 1. The molecule has 3 aromatic rings. The Labute approximate surface area is 138 Å². The Bertz CT molecular complexity index is 878. The number of fused-ring (bicyclic) bond motifs is 1. The van der Waals surface area contributed by atoms with Gasteiger partial charge in [0.05, 0.1) is 18.7 Å². The summed E-state index contributed by atoms with van der Waals surface area (Å²) in [7, 11) is 1.41. The number of rotatable bonds is 5. The van der Waals surface area contributed by atoms with Gasteiger partial charge in [-0.3, -0.25) is 4.79 Å². The first kappa shape index (κ1) is 15.9. The van der Waals surface area contributed by atoms with Crippen molar-refractivity contribution >= 4 is 16.9 Å². The Morgan fingerprint density at radius 3 is 2.88 bits per heavy atom. The third-order valence-corrected chi connectivity index (χ3v) is 3.77. The highest BCUT2D eigenvalue weighted by molar-refractivity contribution is 5.80. The molecule has 0 spiro atoms. The minimum absolute atomic E-state index is 0.0451. The van der Waals surface area contributed by atoms with Gasteiger partial charge in [-0.15, -0.1) is 5.10 Å². The fourth-order valence-electron chi connectivity index (χ4n) is 2.49. The molecule has 24 heavy (non-hydrogen) atoms. The molecule has 7 heteroatoms. The minimum Gasteiger partial charge on any atom is -0.494 e. The Balaban J connectivity index is 1.69. The predicted molar refractivity (Wildman–Crippen MR) is 87.0 cm³/mol. The zero-order valence-electron chi connectivity index (χ0n) is 13.4. The van der Waals surface area contributed by atoms with Crippen LogP contribution in [0.15, 0.2) is 42.5 Å². The van der Waals surface area contributed by atoms with Crippen LogP contribution in [-0.2, 0) is 11.3 Å². The maximum absolute atomic E-state index is 13.8. The lowest BCUT2D eigenvalue weighted by Gasteiger charge is -2.15. The van der Waals surface area contributed by atoms with Gasteiger partial charge in [-0.2, -0.15) is 0 Å². The number of carbonyl (C=O) groups excluding carboxylic acids is 1. The summed E-state index contributed by atoms with van der Waals surface area (Å²) < 4.78 is 20.2. The molecule has 0 aliphatic rings. The zero-order chi connectivity index (χ0) is 17.1. The highest BCUT2D eigenvalue weighted by atomic mass is 19.1. The Kier molecular flexibility index (Phi) is 4.41. The van der Waals surface area contributed by atoms with Crippen molar-refractivity contribution in [3.05, 3.63) is 53.8 Å². The van der Waals surface area contributed by atoms with Crippen LogP contribution in [0.4, 0.5) is 4.39 Å². The van der Waals surface area contributed by atoms with E-state index in [1.165, 1.54) is 23.9 Å². The summed E-state index contributed by atoms with van der Waals surface area (Å²) in [5, 5.41) is 10.8. The monoisotopic (exact) mass is 328 g/mol. The van der Waals surface area contributed by atoms with Crippen LogP contribution in [0.25, 0.3) is 11.0 Å². The van der Waals surface area contributed by atoms with Crippen LogP contribution in [-0.4, -0.2) is 28.0 Å². The molecule has 0 fully saturated rings. The highest BCUT2D eigenvalue weighted by Gasteiger charge is 2.14. The molecule has 0 saturated carbocycles. The van der Waals surface area contributed by atoms with Crippen LogP contribution in [0, 0.1) is 5.82 Å². The lowest BCUT2D eigenvalue weighted by Crippen LogP contribution is -2.30. The topological polar surface area (TPSA) is 69.0 Å². The van der Waals surface area contributed by atoms with Crippen molar-refractivity contribution in [2.45, 2.75) is 19.5 Å². The molecule has 0 radical (unpaired) electrons. The Hall–Kier alpha value is -2.96. The second-order valence-electron chi connectivity index (χ2n) is 5.42. The van der Waals surface area contributed by atoms with Crippen molar-refractivity contribution in [3.63, 3.8) is 0 Å². The molecule has 124 valence electrons. The molecule has 0 aliphatic carbocycles. The molecule has 0 bridgehead atoms. The second kappa shape index (κ2) is 6.66. The molecular weight excluding hydrogens is 311 g/mol. The van der Waals surface area contributed by atoms with Gasteiger partial charge < -0.3 is 10.1 Å². The molecule has 1 aromatic heterocycles. The van der Waals surface area contributed by atoms with Crippen LogP contribution in [0.1, 0.15) is 18.5 Å². The van der Waals surface area contributed by atoms with Crippen molar-refractivity contribution in [1.29, 1.82) is 0 Å². The number of hydrogen-bond donors (Lipinski definition) is 1. The van der Waals surface area contributed by atoms with Crippen molar-refractivity contribution in [2.75, 3.05) is 7.11 Å². The molecule has 2 aromatic carbocycles. The molecule has 1 amide bonds. The predicted octanol–water partition coefficient (Wildman–Crippen LogP) is 2.46. The molecule has 0 saturated heterocycles. The number of hydrogen-bond acceptors (Lipinski definition) is 4. The molecule has 3 rings (SSSR count). The maximum atomic E-state index is 13.8. The van der Waals surface area contributed by atoms with Crippen LogP contribution < -0.4 is 10.1 Å². The van der Waals surface area contributed by atoms with E-state index < -0.39 is 5.82 Å². The molecular formula is C17H17FN4O2. The lowest BCUT2D eigenvalue weighted by molar-refractivity contribution is -0.122. The van der Waals surface area contributed by atoms with Gasteiger partial charge in [-0.05, 0) is 36.8 Å². The number of methoxy groups -OCH3 is 1. The van der Waals surface area contributed by atoms with Crippen molar-refractivity contribution in [1.82, 2.24) is 20.3 Å². The minimum atomic E-state index is -0.460. The van der Waals surface area contributed by atoms with E-state index in [-0.39, 0.29) is 24.2 Å². The van der Waals surface area contributed by atoms with E-state index in [0.29, 0.717) is 5.56 Å². The van der Waals surface area contributed by atoms with Gasteiger partial charge in [0.25, 0.3) is 0 Å². The summed E-state index contributed by atoms with van der Waals surface area (Å²) in [6.07, 6.45) is 0. The first-order valence-electron chi connectivity index (χ1n) is 7.49. The van der Waals surface area contributed by atoms with E-state index in [4.69, 9.17) is 4.74 Å². The summed E-state index contributed by atoms with van der Waals surface area (Å²) in [6, 6.07) is 11.7. The van der Waals surface area contributed by atoms with E-state index >= 15 is 0 Å². The van der Waals surface area contributed by atoms with Crippen LogP contribution >= 0.6 is 0 Å². The van der Waals surface area contributed by atoms with Gasteiger partial charge in [0.1, 0.15) is 12.1 Å². The third-order valence-electron chi connectivity index (χ3n) is 3.77. The number of carbonyl (C=O) groups is 1. The van der Waals surface area contributed by atoms with Gasteiger partial charge in [-0.1, -0.05) is 23.4 Å². The maximum Gasteiger partial charge on any atom is 0.242 e. The Morgan fingerprint density at radius 1 is 1.33 bits per heavy atom. The smallest absolute Gasteiger partial charge is 0.242 e. The van der Waals surface area contributed by atoms with Crippen molar-refractivity contribution in [2.24, 2.45) is 0 Å². The average Bonchev–Trinajstić information content (AvgIpc) is 2.97. The number of nitrogens with zero attached hydrogens (tertiary/aromatic N) is 3. The first-order chi connectivity index (χ1) is 11.6. The standard InChI is InChI=1S/C17H17FN4O2/c1-11(12-7-8-16(24-2)13(18)9-12)19-17(23)10-22-15-6-4-3-5-14(15)20-21-22/h3-9,11H,10H2,1-2H3,(H,19,23)/t11-/m0/s1. The summed E-state index contributed by atoms with van der Waals surface area (Å²) in [6.45, 7) is 1.84. The quantitative estimate of drug-likeness (QED) is 0.781. The average molecular weight is 328 g/mol. The van der Waals surface area contributed by atoms with Gasteiger partial charge in [0.15, 0.2) is 11.6 Å². The number of benzene rings is 2. The number of nitrogens with one attached hydrogen (secondary N) is 1. The Morgan fingerprint density at radius 2 is 2.12 bits per heavy atom. The lowest BCUT2D eigenvalue weighted by atomic mass is 10.1. The molecule has 0 unspecified atom stereocenters. The van der Waals surface area contributed by atoms with Gasteiger partial charge >= 0.3 is 0 Å². The molecule has 1 atom stereocenters. The summed E-state index contributed by atoms with van der Waals surface area (Å²) in [5.41, 5.74) is 2.18. The fourth-order valence-corrected chi connectivity index (χ4v) is 2.49. The SMILES string of the molecule is COc1ccc([C@H](C)NC(=O)Cn2nnc3ccccc32)cc1F. The molecule has 1 N–H and O–H groups in total. The van der Waals surface area contributed by atoms with E-state index in [0.717, 1.165) is 11.0 Å². The number of halogens is 1. The van der Waals surface area contributed by atoms with E-state index in [1.54, 1.807) is 13.0 Å².